The van der Waals surface area contributed by atoms with E-state index in [2.05, 4.69) is 16.0 Å². The minimum atomic E-state index is -0.997. The van der Waals surface area contributed by atoms with Gasteiger partial charge < -0.3 is 59.2 Å². The molecule has 3 fully saturated rings. The lowest BCUT2D eigenvalue weighted by Crippen LogP contribution is -2.47. The summed E-state index contributed by atoms with van der Waals surface area (Å²) in [7, 11) is 5.38. The SMILES string of the molecule is C.Cn1c(C(=O)NC2(c3ccc(C(=O)O)cc3)CCOC2)cc2c(Cl)c(Cl)ccc21.Cn1c(C(=O)N[C@@]2(c3ccc(C(=O)O)cc3)CCOC2)cc2c(Cl)c(Cl)ccc21.Cn1c(C(=O)N[C@]2(c3ccc(C(=O)O)cc3)CCOC2)cc2c(Cl)c(Cl)ccc21. The molecule has 3 atom stereocenters. The molecule has 3 aromatic heterocycles. The molecule has 0 radical (unpaired) electrons. The van der Waals surface area contributed by atoms with Gasteiger partial charge in [-0.2, -0.15) is 0 Å². The highest BCUT2D eigenvalue weighted by atomic mass is 35.5. The third kappa shape index (κ3) is 12.5. The molecule has 6 heterocycles. The molecule has 3 aliphatic heterocycles. The van der Waals surface area contributed by atoms with Gasteiger partial charge in [-0.1, -0.05) is 113 Å². The van der Waals surface area contributed by atoms with Gasteiger partial charge in [-0.15, -0.1) is 0 Å². The summed E-state index contributed by atoms with van der Waals surface area (Å²) in [6.45, 7) is 2.41. The number of carbonyl (C=O) groups is 6. The minimum absolute atomic E-state index is 0. The number of benzene rings is 6. The van der Waals surface area contributed by atoms with Crippen molar-refractivity contribution in [3.05, 3.63) is 208 Å². The van der Waals surface area contributed by atoms with E-state index >= 15 is 0 Å². The Hall–Kier alpha value is -7.62. The third-order valence-corrected chi connectivity index (χ3v) is 18.7. The van der Waals surface area contributed by atoms with E-state index in [4.69, 9.17) is 99.1 Å². The molecule has 3 amide bonds. The lowest BCUT2D eigenvalue weighted by atomic mass is 9.88. The fraction of sp³-hybridized carbons (Fsp3) is 0.250. The first-order chi connectivity index (χ1) is 41.5. The first-order valence-electron chi connectivity index (χ1n) is 27.0. The molecule has 458 valence electrons. The smallest absolute Gasteiger partial charge is 0.335 e. The van der Waals surface area contributed by atoms with Crippen LogP contribution in [0.4, 0.5) is 0 Å². The Morgan fingerprint density at radius 3 is 0.841 bits per heavy atom. The zero-order valence-electron chi connectivity index (χ0n) is 46.6. The van der Waals surface area contributed by atoms with E-state index in [1.807, 2.05) is 18.2 Å². The lowest BCUT2D eigenvalue weighted by Gasteiger charge is -2.29. The average molecular weight is 1320 g/mol. The van der Waals surface area contributed by atoms with Crippen molar-refractivity contribution in [1.29, 1.82) is 0 Å². The van der Waals surface area contributed by atoms with Crippen molar-refractivity contribution >= 4 is 138 Å². The second-order valence-electron chi connectivity index (χ2n) is 21.3. The Labute approximate surface area is 534 Å². The summed E-state index contributed by atoms with van der Waals surface area (Å²) in [6, 6.07) is 35.2. The van der Waals surface area contributed by atoms with Crippen LogP contribution < -0.4 is 16.0 Å². The summed E-state index contributed by atoms with van der Waals surface area (Å²) in [6.07, 6.45) is 1.76. The molecule has 88 heavy (non-hydrogen) atoms. The maximum Gasteiger partial charge on any atom is 0.335 e. The molecule has 3 aliphatic rings. The molecule has 6 aromatic carbocycles. The van der Waals surface area contributed by atoms with Gasteiger partial charge in [0.25, 0.3) is 17.7 Å². The van der Waals surface area contributed by atoms with E-state index in [-0.39, 0.29) is 41.8 Å². The Balaban J connectivity index is 0.000000156. The van der Waals surface area contributed by atoms with E-state index in [1.54, 1.807) is 108 Å². The van der Waals surface area contributed by atoms with E-state index in [0.29, 0.717) is 122 Å². The molecule has 12 rings (SSSR count). The lowest BCUT2D eigenvalue weighted by molar-refractivity contribution is 0.0686. The molecule has 24 heteroatoms. The number of hydrogen-bond donors (Lipinski definition) is 6. The van der Waals surface area contributed by atoms with Crippen LogP contribution in [0.15, 0.2) is 127 Å². The number of fused-ring (bicyclic) bond motifs is 3. The summed E-state index contributed by atoms with van der Waals surface area (Å²) in [5.74, 6) is -3.81. The molecule has 0 spiro atoms. The Kier molecular flexibility index (Phi) is 19.3. The van der Waals surface area contributed by atoms with Crippen molar-refractivity contribution in [2.45, 2.75) is 43.3 Å². The Morgan fingerprint density at radius 1 is 0.398 bits per heavy atom. The molecule has 3 saturated heterocycles. The van der Waals surface area contributed by atoms with Crippen LogP contribution in [0.25, 0.3) is 32.7 Å². The predicted octanol–water partition coefficient (Wildman–Crippen LogP) is 13.3. The molecule has 6 N–H and O–H groups in total. The molecule has 0 aliphatic carbocycles. The minimum Gasteiger partial charge on any atom is -0.478 e. The monoisotopic (exact) mass is 1310 g/mol. The number of aromatic carboxylic acids is 3. The van der Waals surface area contributed by atoms with Crippen molar-refractivity contribution in [2.75, 3.05) is 39.6 Å². The van der Waals surface area contributed by atoms with Crippen LogP contribution in [0.5, 0.6) is 0 Å². The molecule has 1 unspecified atom stereocenters. The normalized spacial score (nSPS) is 18.6. The highest BCUT2D eigenvalue weighted by molar-refractivity contribution is 6.46. The van der Waals surface area contributed by atoms with Gasteiger partial charge in [-0.3, -0.25) is 14.4 Å². The van der Waals surface area contributed by atoms with Crippen molar-refractivity contribution in [3.8, 4) is 0 Å². The van der Waals surface area contributed by atoms with E-state index in [9.17, 15) is 28.8 Å². The van der Waals surface area contributed by atoms with Crippen molar-refractivity contribution < 1.29 is 58.3 Å². The molecule has 0 saturated carbocycles. The first kappa shape index (κ1) is 64.8. The maximum atomic E-state index is 13.2. The first-order valence-corrected chi connectivity index (χ1v) is 29.3. The zero-order chi connectivity index (χ0) is 62.3. The number of aromatic nitrogens is 3. The van der Waals surface area contributed by atoms with Gasteiger partial charge in [0, 0.05) is 92.9 Å². The average Bonchev–Trinajstić information content (AvgIpc) is 1.78. The zero-order valence-corrected chi connectivity index (χ0v) is 51.1. The van der Waals surface area contributed by atoms with Crippen molar-refractivity contribution in [3.63, 3.8) is 0 Å². The summed E-state index contributed by atoms with van der Waals surface area (Å²) >= 11 is 37.2. The van der Waals surface area contributed by atoms with Crippen molar-refractivity contribution in [1.82, 2.24) is 29.7 Å². The number of hydrogen-bond acceptors (Lipinski definition) is 9. The van der Waals surface area contributed by atoms with Gasteiger partial charge in [0.2, 0.25) is 0 Å². The van der Waals surface area contributed by atoms with E-state index < -0.39 is 34.5 Å². The third-order valence-electron chi connectivity index (χ3n) is 16.2. The number of halogens is 6. The van der Waals surface area contributed by atoms with Gasteiger partial charge in [-0.25, -0.2) is 14.4 Å². The molecular weight excluding hydrogens is 1260 g/mol. The largest absolute Gasteiger partial charge is 0.478 e. The Morgan fingerprint density at radius 2 is 0.636 bits per heavy atom. The highest BCUT2D eigenvalue weighted by Gasteiger charge is 2.42. The van der Waals surface area contributed by atoms with E-state index in [1.165, 1.54) is 36.4 Å². The van der Waals surface area contributed by atoms with Crippen LogP contribution in [0.2, 0.25) is 30.1 Å². The van der Waals surface area contributed by atoms with Gasteiger partial charge in [0.05, 0.1) is 83.3 Å². The number of nitrogens with zero attached hydrogens (tertiary/aromatic N) is 3. The number of nitrogens with one attached hydrogen (secondary N) is 3. The Bertz CT molecular complexity index is 3770. The number of aryl methyl sites for hydroxylation is 3. The second-order valence-corrected chi connectivity index (χ2v) is 23.7. The number of carboxylic acids is 3. The molecule has 18 nitrogen and oxygen atoms in total. The molecular formula is C64H58Cl6N6O12. The molecule has 9 aromatic rings. The van der Waals surface area contributed by atoms with Gasteiger partial charge in [-0.05, 0) is 108 Å². The number of carboxylic acid groups (broad SMARTS) is 3. The van der Waals surface area contributed by atoms with Crippen molar-refractivity contribution in [2.24, 2.45) is 21.1 Å². The maximum absolute atomic E-state index is 13.2. The summed E-state index contributed by atoms with van der Waals surface area (Å²) in [4.78, 5) is 72.9. The summed E-state index contributed by atoms with van der Waals surface area (Å²) < 4.78 is 22.0. The fourth-order valence-corrected chi connectivity index (χ4v) is 12.4. The van der Waals surface area contributed by atoms with Gasteiger partial charge >= 0.3 is 17.9 Å². The van der Waals surface area contributed by atoms with Crippen LogP contribution >= 0.6 is 69.6 Å². The van der Waals surface area contributed by atoms with Gasteiger partial charge in [0.1, 0.15) is 17.1 Å². The number of amides is 3. The van der Waals surface area contributed by atoms with Crippen LogP contribution in [-0.4, -0.2) is 104 Å². The quantitative estimate of drug-likeness (QED) is 0.0669. The van der Waals surface area contributed by atoms with Crippen LogP contribution in [0.3, 0.4) is 0 Å². The predicted molar refractivity (Wildman–Crippen MR) is 339 cm³/mol. The number of rotatable bonds is 12. The number of ether oxygens (including phenoxy) is 3. The summed E-state index contributed by atoms with van der Waals surface area (Å²) in [5, 5.41) is 41.3. The number of carbonyl (C=O) groups excluding carboxylic acids is 3. The summed E-state index contributed by atoms with van der Waals surface area (Å²) in [5.41, 5.74) is 4.50. The molecule has 0 bridgehead atoms. The topological polar surface area (TPSA) is 242 Å². The standard InChI is InChI=1S/3C21H18Cl2N2O4.CH4/c3*1-25-16-7-6-15(22)18(23)14(16)10-17(25)19(26)24-21(8-9-29-11-21)13-4-2-12(3-5-13)20(27)28;/h3*2-7,10H,8-9,11H2,1H3,(H,24,26)(H,27,28);1H4/t2*21-;;/m10../s1. The van der Waals surface area contributed by atoms with E-state index in [0.717, 1.165) is 33.2 Å². The van der Waals surface area contributed by atoms with Gasteiger partial charge in [0.15, 0.2) is 0 Å². The fourth-order valence-electron chi connectivity index (χ4n) is 11.2. The van der Waals surface area contributed by atoms with Crippen LogP contribution in [-0.2, 0) is 52.0 Å². The highest BCUT2D eigenvalue weighted by Crippen LogP contribution is 2.39. The van der Waals surface area contributed by atoms with Crippen LogP contribution in [0.1, 0.15) is 106 Å². The second kappa shape index (κ2) is 26.2. The van der Waals surface area contributed by atoms with Crippen LogP contribution in [0, 0.1) is 0 Å².